The van der Waals surface area contributed by atoms with Crippen LogP contribution in [0.15, 0.2) is 60.0 Å². The summed E-state index contributed by atoms with van der Waals surface area (Å²) in [6.45, 7) is 6.09. The predicted octanol–water partition coefficient (Wildman–Crippen LogP) is 4.29. The van der Waals surface area contributed by atoms with E-state index in [1.54, 1.807) is 18.3 Å². The Balaban J connectivity index is 0.000000538. The molecule has 1 fully saturated rings. The molecule has 10 heteroatoms. The third kappa shape index (κ3) is 6.52. The van der Waals surface area contributed by atoms with Crippen molar-refractivity contribution < 1.29 is 29.0 Å². The number of aromatic nitrogens is 1. The Morgan fingerprint density at radius 2 is 1.61 bits per heavy atom. The normalized spacial score (nSPS) is 14.9. The highest BCUT2D eigenvalue weighted by molar-refractivity contribution is 7.09. The fraction of sp³-hybridized carbons (Fsp3) is 0.308. The minimum Gasteiger partial charge on any atom is -0.473 e. The first-order chi connectivity index (χ1) is 17.1. The highest BCUT2D eigenvalue weighted by Crippen LogP contribution is 2.43. The number of carbonyl (C=O) groups is 3. The lowest BCUT2D eigenvalue weighted by Gasteiger charge is -2.47. The molecule has 1 saturated heterocycles. The molecule has 0 bridgehead atoms. The number of carbonyl (C=O) groups excluding carboxylic acids is 1. The van der Waals surface area contributed by atoms with Crippen LogP contribution in [0.5, 0.6) is 0 Å². The lowest BCUT2D eigenvalue weighted by molar-refractivity contribution is -0.159. The SMILES string of the molecule is CC(=O)N(c1ccccc1)C1(c2nc(C)cs2)CCN(Cc2ccc(F)cc2)CC1.O=C(O)C(=O)O. The van der Waals surface area contributed by atoms with Crippen molar-refractivity contribution in [2.45, 2.75) is 38.8 Å². The molecule has 0 spiro atoms. The fourth-order valence-electron chi connectivity index (χ4n) is 4.34. The Hall–Kier alpha value is -3.63. The van der Waals surface area contributed by atoms with Crippen LogP contribution < -0.4 is 4.90 Å². The molecule has 2 aromatic carbocycles. The number of piperidine rings is 1. The largest absolute Gasteiger partial charge is 0.473 e. The number of carboxylic acid groups (broad SMARTS) is 2. The Kier molecular flexibility index (Phi) is 8.89. The van der Waals surface area contributed by atoms with Gasteiger partial charge < -0.3 is 10.2 Å². The van der Waals surface area contributed by atoms with Gasteiger partial charge >= 0.3 is 11.9 Å². The number of carboxylic acids is 2. The molecule has 36 heavy (non-hydrogen) atoms. The molecule has 1 aliphatic rings. The smallest absolute Gasteiger partial charge is 0.414 e. The quantitative estimate of drug-likeness (QED) is 0.490. The van der Waals surface area contributed by atoms with E-state index in [-0.39, 0.29) is 11.7 Å². The molecule has 8 nitrogen and oxygen atoms in total. The average Bonchev–Trinajstić information content (AvgIpc) is 3.29. The van der Waals surface area contributed by atoms with E-state index in [1.807, 2.05) is 54.3 Å². The number of benzene rings is 2. The third-order valence-electron chi connectivity index (χ3n) is 5.96. The number of anilines is 1. The number of thiazole rings is 1. The predicted molar refractivity (Wildman–Crippen MR) is 134 cm³/mol. The maximum absolute atomic E-state index is 13.2. The van der Waals surface area contributed by atoms with Crippen molar-refractivity contribution >= 4 is 34.9 Å². The van der Waals surface area contributed by atoms with E-state index >= 15 is 0 Å². The molecule has 190 valence electrons. The highest BCUT2D eigenvalue weighted by Gasteiger charge is 2.45. The van der Waals surface area contributed by atoms with Gasteiger partial charge in [0.15, 0.2) is 0 Å². The molecule has 1 aliphatic heterocycles. The van der Waals surface area contributed by atoms with Crippen molar-refractivity contribution in [3.8, 4) is 0 Å². The number of para-hydroxylation sites is 1. The molecule has 2 heterocycles. The molecule has 0 atom stereocenters. The van der Waals surface area contributed by atoms with Gasteiger partial charge in [-0.05, 0) is 49.6 Å². The molecule has 1 aromatic heterocycles. The van der Waals surface area contributed by atoms with Crippen LogP contribution in [-0.4, -0.2) is 51.0 Å². The summed E-state index contributed by atoms with van der Waals surface area (Å²) in [6.07, 6.45) is 1.60. The highest BCUT2D eigenvalue weighted by atomic mass is 32.1. The van der Waals surface area contributed by atoms with Crippen LogP contribution in [-0.2, 0) is 26.5 Å². The standard InChI is InChI=1S/C24H26FN3OS.C2H2O4/c1-18-17-30-23(26-18)24(28(19(2)29)22-6-4-3-5-7-22)12-14-27(15-13-24)16-20-8-10-21(25)11-9-20;3-1(4)2(5)6/h3-11,17H,12-16H2,1-2H3;(H,3,4)(H,5,6). The molecule has 4 rings (SSSR count). The molecule has 0 radical (unpaired) electrons. The van der Waals surface area contributed by atoms with E-state index in [0.717, 1.165) is 54.4 Å². The summed E-state index contributed by atoms with van der Waals surface area (Å²) in [5.41, 5.74) is 2.54. The van der Waals surface area contributed by atoms with Gasteiger partial charge in [-0.3, -0.25) is 14.6 Å². The second-order valence-electron chi connectivity index (χ2n) is 8.53. The van der Waals surface area contributed by atoms with Gasteiger partial charge in [0.05, 0.1) is 0 Å². The average molecular weight is 514 g/mol. The monoisotopic (exact) mass is 513 g/mol. The van der Waals surface area contributed by atoms with Crippen LogP contribution in [0.2, 0.25) is 0 Å². The van der Waals surface area contributed by atoms with E-state index in [9.17, 15) is 9.18 Å². The van der Waals surface area contributed by atoms with Gasteiger partial charge in [-0.25, -0.2) is 19.0 Å². The molecule has 0 aliphatic carbocycles. The first-order valence-corrected chi connectivity index (χ1v) is 12.2. The van der Waals surface area contributed by atoms with E-state index in [2.05, 4.69) is 10.3 Å². The summed E-state index contributed by atoms with van der Waals surface area (Å²) in [5, 5.41) is 17.8. The summed E-state index contributed by atoms with van der Waals surface area (Å²) >= 11 is 1.64. The number of hydrogen-bond donors (Lipinski definition) is 2. The Labute approximate surface area is 212 Å². The topological polar surface area (TPSA) is 111 Å². The number of likely N-dealkylation sites (tertiary alicyclic amines) is 1. The van der Waals surface area contributed by atoms with Gasteiger partial charge in [0.2, 0.25) is 5.91 Å². The van der Waals surface area contributed by atoms with Crippen LogP contribution in [0, 0.1) is 12.7 Å². The van der Waals surface area contributed by atoms with Crippen molar-refractivity contribution in [2.75, 3.05) is 18.0 Å². The minimum absolute atomic E-state index is 0.0287. The lowest BCUT2D eigenvalue weighted by atomic mass is 9.85. The van der Waals surface area contributed by atoms with Gasteiger partial charge in [0.25, 0.3) is 0 Å². The van der Waals surface area contributed by atoms with Gasteiger partial charge in [-0.15, -0.1) is 11.3 Å². The Morgan fingerprint density at radius 3 is 2.08 bits per heavy atom. The zero-order valence-corrected chi connectivity index (χ0v) is 20.9. The second kappa shape index (κ2) is 11.9. The zero-order chi connectivity index (χ0) is 26.3. The lowest BCUT2D eigenvalue weighted by Crippen LogP contribution is -2.55. The van der Waals surface area contributed by atoms with E-state index in [4.69, 9.17) is 24.8 Å². The third-order valence-corrected chi connectivity index (χ3v) is 7.11. The van der Waals surface area contributed by atoms with Crippen LogP contribution >= 0.6 is 11.3 Å². The Morgan fingerprint density at radius 1 is 1.03 bits per heavy atom. The van der Waals surface area contributed by atoms with Crippen molar-refractivity contribution in [1.29, 1.82) is 0 Å². The molecule has 2 N–H and O–H groups in total. The summed E-state index contributed by atoms with van der Waals surface area (Å²) in [5.74, 6) is -3.83. The molecule has 1 amide bonds. The second-order valence-corrected chi connectivity index (χ2v) is 9.39. The van der Waals surface area contributed by atoms with Crippen LogP contribution in [0.1, 0.15) is 36.0 Å². The van der Waals surface area contributed by atoms with E-state index in [1.165, 1.54) is 12.1 Å². The zero-order valence-electron chi connectivity index (χ0n) is 20.1. The van der Waals surface area contributed by atoms with Gasteiger partial charge in [-0.1, -0.05) is 30.3 Å². The van der Waals surface area contributed by atoms with Crippen LogP contribution in [0.3, 0.4) is 0 Å². The molecule has 0 unspecified atom stereocenters. The molecule has 3 aromatic rings. The molecular formula is C26H28FN3O5S. The van der Waals surface area contributed by atoms with Crippen molar-refractivity contribution in [3.05, 3.63) is 82.1 Å². The first-order valence-electron chi connectivity index (χ1n) is 11.3. The van der Waals surface area contributed by atoms with Gasteiger partial charge in [0, 0.05) is 43.3 Å². The van der Waals surface area contributed by atoms with Crippen LogP contribution in [0.25, 0.3) is 0 Å². The number of nitrogens with zero attached hydrogens (tertiary/aromatic N) is 3. The van der Waals surface area contributed by atoms with E-state index < -0.39 is 17.5 Å². The minimum atomic E-state index is -1.82. The number of amides is 1. The fourth-order valence-corrected chi connectivity index (χ4v) is 5.38. The maximum Gasteiger partial charge on any atom is 0.414 e. The number of aryl methyl sites for hydroxylation is 1. The number of halogens is 1. The summed E-state index contributed by atoms with van der Waals surface area (Å²) in [7, 11) is 0. The summed E-state index contributed by atoms with van der Waals surface area (Å²) < 4.78 is 13.2. The summed E-state index contributed by atoms with van der Waals surface area (Å²) in [6, 6.07) is 16.6. The van der Waals surface area contributed by atoms with Gasteiger partial charge in [0.1, 0.15) is 16.4 Å². The van der Waals surface area contributed by atoms with E-state index in [0.29, 0.717) is 0 Å². The van der Waals surface area contributed by atoms with Crippen molar-refractivity contribution in [2.24, 2.45) is 0 Å². The number of hydrogen-bond acceptors (Lipinski definition) is 6. The first kappa shape index (κ1) is 27.0. The van der Waals surface area contributed by atoms with Crippen molar-refractivity contribution in [3.63, 3.8) is 0 Å². The molecular weight excluding hydrogens is 485 g/mol. The number of rotatable bonds is 5. The number of aliphatic carboxylic acids is 2. The van der Waals surface area contributed by atoms with Crippen LogP contribution in [0.4, 0.5) is 10.1 Å². The maximum atomic E-state index is 13.2. The molecule has 0 saturated carbocycles. The Bertz CT molecular complexity index is 1180. The van der Waals surface area contributed by atoms with Crippen molar-refractivity contribution in [1.82, 2.24) is 9.88 Å². The summed E-state index contributed by atoms with van der Waals surface area (Å²) in [4.78, 5) is 40.2. The van der Waals surface area contributed by atoms with Gasteiger partial charge in [-0.2, -0.15) is 0 Å².